The van der Waals surface area contributed by atoms with E-state index in [9.17, 15) is 10.1 Å². The summed E-state index contributed by atoms with van der Waals surface area (Å²) in [5.41, 5.74) is 0.483. The maximum atomic E-state index is 10.8. The van der Waals surface area contributed by atoms with Crippen molar-refractivity contribution < 1.29 is 4.92 Å². The second-order valence-electron chi connectivity index (χ2n) is 3.01. The van der Waals surface area contributed by atoms with E-state index in [4.69, 9.17) is 11.6 Å². The highest BCUT2D eigenvalue weighted by Gasteiger charge is 2.19. The number of hydrogen-bond acceptors (Lipinski definition) is 5. The van der Waals surface area contributed by atoms with Crippen molar-refractivity contribution in [2.24, 2.45) is 0 Å². The first-order valence-electron chi connectivity index (χ1n) is 4.27. The molecule has 7 nitrogen and oxygen atoms in total. The van der Waals surface area contributed by atoms with Crippen LogP contribution in [0.2, 0.25) is 5.28 Å². The Morgan fingerprint density at radius 3 is 2.88 bits per heavy atom. The molecule has 8 heteroatoms. The zero-order chi connectivity index (χ0) is 11.7. The van der Waals surface area contributed by atoms with Gasteiger partial charge in [-0.25, -0.2) is 9.67 Å². The molecule has 16 heavy (non-hydrogen) atoms. The molecular formula is C8H6ClN5O2. The van der Waals surface area contributed by atoms with Crippen molar-refractivity contribution in [1.29, 1.82) is 0 Å². The van der Waals surface area contributed by atoms with Gasteiger partial charge in [-0.3, -0.25) is 10.1 Å². The summed E-state index contributed by atoms with van der Waals surface area (Å²) in [7, 11) is 0. The van der Waals surface area contributed by atoms with Gasteiger partial charge in [-0.2, -0.15) is 10.1 Å². The third-order valence-electron chi connectivity index (χ3n) is 1.86. The summed E-state index contributed by atoms with van der Waals surface area (Å²) in [6.07, 6.45) is 2.63. The van der Waals surface area contributed by atoms with Crippen LogP contribution in [0, 0.1) is 17.0 Å². The Kier molecular flexibility index (Phi) is 2.53. The van der Waals surface area contributed by atoms with E-state index in [0.29, 0.717) is 0 Å². The minimum absolute atomic E-state index is 0.0538. The van der Waals surface area contributed by atoms with Crippen LogP contribution in [-0.2, 0) is 0 Å². The van der Waals surface area contributed by atoms with Crippen LogP contribution in [0.25, 0.3) is 5.82 Å². The molecule has 0 aromatic carbocycles. The summed E-state index contributed by atoms with van der Waals surface area (Å²) in [6.45, 7) is 1.77. The quantitative estimate of drug-likeness (QED) is 0.451. The van der Waals surface area contributed by atoms with Crippen molar-refractivity contribution in [1.82, 2.24) is 19.7 Å². The van der Waals surface area contributed by atoms with Gasteiger partial charge in [0, 0.05) is 6.20 Å². The molecule has 2 heterocycles. The Morgan fingerprint density at radius 2 is 2.31 bits per heavy atom. The summed E-state index contributed by atoms with van der Waals surface area (Å²) in [5.74, 6) is 0.0538. The van der Waals surface area contributed by atoms with E-state index < -0.39 is 4.92 Å². The van der Waals surface area contributed by atoms with E-state index in [1.807, 2.05) is 0 Å². The number of halogens is 1. The Hall–Kier alpha value is -2.02. The first kappa shape index (κ1) is 10.5. The van der Waals surface area contributed by atoms with Gasteiger partial charge in [-0.15, -0.1) is 0 Å². The van der Waals surface area contributed by atoms with Crippen molar-refractivity contribution in [2.45, 2.75) is 6.92 Å². The fraction of sp³-hybridized carbons (Fsp3) is 0.125. The molecule has 0 aliphatic carbocycles. The standard InChI is InChI=1S/C8H6ClN5O2/c1-5-2-3-13(12-5)7-6(14(15)16)4-10-8(9)11-7/h2-4H,1H3. The van der Waals surface area contributed by atoms with Crippen LogP contribution < -0.4 is 0 Å². The molecule has 0 spiro atoms. The monoisotopic (exact) mass is 239 g/mol. The van der Waals surface area contributed by atoms with Gasteiger partial charge in [0.2, 0.25) is 11.1 Å². The molecule has 2 aromatic heterocycles. The summed E-state index contributed by atoms with van der Waals surface area (Å²) in [5, 5.41) is 14.7. The highest BCUT2D eigenvalue weighted by Crippen LogP contribution is 2.20. The van der Waals surface area contributed by atoms with Crippen molar-refractivity contribution in [3.05, 3.63) is 39.6 Å². The van der Waals surface area contributed by atoms with E-state index in [2.05, 4.69) is 15.1 Å². The molecule has 0 unspecified atom stereocenters. The highest BCUT2D eigenvalue weighted by atomic mass is 35.5. The number of aryl methyl sites for hydroxylation is 1. The lowest BCUT2D eigenvalue weighted by Gasteiger charge is -2.01. The van der Waals surface area contributed by atoms with E-state index >= 15 is 0 Å². The van der Waals surface area contributed by atoms with E-state index in [1.165, 1.54) is 4.68 Å². The average Bonchev–Trinajstić information content (AvgIpc) is 2.64. The maximum absolute atomic E-state index is 10.8. The van der Waals surface area contributed by atoms with Crippen molar-refractivity contribution >= 4 is 17.3 Å². The van der Waals surface area contributed by atoms with Crippen LogP contribution in [0.4, 0.5) is 5.69 Å². The average molecular weight is 240 g/mol. The van der Waals surface area contributed by atoms with Crippen LogP contribution >= 0.6 is 11.6 Å². The molecule has 0 aliphatic heterocycles. The molecule has 0 aliphatic rings. The molecule has 2 rings (SSSR count). The largest absolute Gasteiger partial charge is 0.331 e. The summed E-state index contributed by atoms with van der Waals surface area (Å²) in [6, 6.07) is 1.71. The zero-order valence-electron chi connectivity index (χ0n) is 8.16. The summed E-state index contributed by atoms with van der Waals surface area (Å²) >= 11 is 5.59. The number of aromatic nitrogens is 4. The van der Waals surface area contributed by atoms with Crippen LogP contribution in [0.3, 0.4) is 0 Å². The molecule has 0 N–H and O–H groups in total. The van der Waals surface area contributed by atoms with Crippen LogP contribution in [0.5, 0.6) is 0 Å². The molecule has 82 valence electrons. The third kappa shape index (κ3) is 1.84. The topological polar surface area (TPSA) is 86.7 Å². The second kappa shape index (κ2) is 3.86. The van der Waals surface area contributed by atoms with Gasteiger partial charge in [0.25, 0.3) is 0 Å². The first-order chi connectivity index (χ1) is 7.58. The fourth-order valence-corrected chi connectivity index (χ4v) is 1.30. The summed E-state index contributed by atoms with van der Waals surface area (Å²) < 4.78 is 1.29. The highest BCUT2D eigenvalue weighted by molar-refractivity contribution is 6.28. The molecule has 0 fully saturated rings. The molecule has 0 atom stereocenters. The number of nitro groups is 1. The van der Waals surface area contributed by atoms with Gasteiger partial charge in [0.1, 0.15) is 6.20 Å². The SMILES string of the molecule is Cc1ccn(-c2nc(Cl)ncc2[N+](=O)[O-])n1. The van der Waals surface area contributed by atoms with Crippen molar-refractivity contribution in [2.75, 3.05) is 0 Å². The van der Waals surface area contributed by atoms with Crippen molar-refractivity contribution in [3.63, 3.8) is 0 Å². The Labute approximate surface area is 94.9 Å². The van der Waals surface area contributed by atoms with Gasteiger partial charge < -0.3 is 0 Å². The normalized spacial score (nSPS) is 10.4. The van der Waals surface area contributed by atoms with Crippen LogP contribution in [0.1, 0.15) is 5.69 Å². The molecule has 0 bridgehead atoms. The predicted molar refractivity (Wildman–Crippen MR) is 55.6 cm³/mol. The molecule has 0 saturated carbocycles. The minimum atomic E-state index is -0.581. The Balaban J connectivity index is 2.62. The maximum Gasteiger partial charge on any atom is 0.331 e. The number of hydrogen-bond donors (Lipinski definition) is 0. The summed E-state index contributed by atoms with van der Waals surface area (Å²) in [4.78, 5) is 17.5. The van der Waals surface area contributed by atoms with Gasteiger partial charge in [-0.05, 0) is 24.6 Å². The smallest absolute Gasteiger partial charge is 0.258 e. The van der Waals surface area contributed by atoms with Crippen molar-refractivity contribution in [3.8, 4) is 5.82 Å². The molecule has 2 aromatic rings. The van der Waals surface area contributed by atoms with E-state index in [0.717, 1.165) is 11.9 Å². The molecule has 0 amide bonds. The predicted octanol–water partition coefficient (Wildman–Crippen LogP) is 1.53. The first-order valence-corrected chi connectivity index (χ1v) is 4.65. The lowest BCUT2D eigenvalue weighted by molar-refractivity contribution is -0.385. The van der Waals surface area contributed by atoms with Crippen LogP contribution in [-0.4, -0.2) is 24.7 Å². The number of nitrogens with zero attached hydrogens (tertiary/aromatic N) is 5. The van der Waals surface area contributed by atoms with Crippen LogP contribution in [0.15, 0.2) is 18.5 Å². The van der Waals surface area contributed by atoms with Gasteiger partial charge in [0.15, 0.2) is 0 Å². The van der Waals surface area contributed by atoms with E-state index in [-0.39, 0.29) is 16.8 Å². The second-order valence-corrected chi connectivity index (χ2v) is 3.34. The Bertz CT molecular complexity index is 553. The third-order valence-corrected chi connectivity index (χ3v) is 2.04. The van der Waals surface area contributed by atoms with E-state index in [1.54, 1.807) is 19.2 Å². The zero-order valence-corrected chi connectivity index (χ0v) is 8.92. The molecule has 0 radical (unpaired) electrons. The van der Waals surface area contributed by atoms with Gasteiger partial charge in [-0.1, -0.05) is 0 Å². The van der Waals surface area contributed by atoms with Gasteiger partial charge >= 0.3 is 5.69 Å². The Morgan fingerprint density at radius 1 is 1.56 bits per heavy atom. The van der Waals surface area contributed by atoms with Gasteiger partial charge in [0.05, 0.1) is 10.6 Å². The lowest BCUT2D eigenvalue weighted by Crippen LogP contribution is -2.05. The molecular weight excluding hydrogens is 234 g/mol. The molecule has 0 saturated heterocycles. The lowest BCUT2D eigenvalue weighted by atomic mass is 10.5. The minimum Gasteiger partial charge on any atom is -0.258 e. The fourth-order valence-electron chi connectivity index (χ4n) is 1.18. The number of rotatable bonds is 2.